The lowest BCUT2D eigenvalue weighted by Crippen LogP contribution is -1.93. The van der Waals surface area contributed by atoms with Gasteiger partial charge in [0.15, 0.2) is 5.76 Å². The fraction of sp³-hybridized carbons (Fsp3) is 0.167. The van der Waals surface area contributed by atoms with Gasteiger partial charge in [0.1, 0.15) is 0 Å². The molecular formula is C6H8O2. The quantitative estimate of drug-likeness (QED) is 0.430. The van der Waals surface area contributed by atoms with Crippen LogP contribution in [0.1, 0.15) is 6.92 Å². The molecule has 0 rings (SSSR count). The number of ketones is 1. The minimum absolute atomic E-state index is 0.414. The molecule has 0 aromatic rings. The zero-order valence-corrected chi connectivity index (χ0v) is 4.72. The molecule has 2 nitrogen and oxygen atoms in total. The van der Waals surface area contributed by atoms with Gasteiger partial charge >= 0.3 is 0 Å². The van der Waals surface area contributed by atoms with E-state index in [4.69, 9.17) is 5.11 Å². The van der Waals surface area contributed by atoms with Gasteiger partial charge in [0.25, 0.3) is 0 Å². The Morgan fingerprint density at radius 1 is 1.75 bits per heavy atom. The smallest absolute Gasteiger partial charge is 0.219 e. The predicted molar refractivity (Wildman–Crippen MR) is 31.6 cm³/mol. The van der Waals surface area contributed by atoms with Crippen LogP contribution in [-0.4, -0.2) is 10.9 Å². The Morgan fingerprint density at radius 3 is 2.38 bits per heavy atom. The van der Waals surface area contributed by atoms with Gasteiger partial charge in [-0.25, -0.2) is 0 Å². The summed E-state index contributed by atoms with van der Waals surface area (Å²) in [5.74, 6) is -0.851. The van der Waals surface area contributed by atoms with E-state index in [1.54, 1.807) is 13.0 Å². The Morgan fingerprint density at radius 2 is 2.25 bits per heavy atom. The third kappa shape index (κ3) is 2.18. The topological polar surface area (TPSA) is 37.3 Å². The first kappa shape index (κ1) is 6.95. The highest BCUT2D eigenvalue weighted by atomic mass is 16.3. The Labute approximate surface area is 48.1 Å². The van der Waals surface area contributed by atoms with Gasteiger partial charge in [-0.3, -0.25) is 4.79 Å². The number of hydrogen-bond donors (Lipinski definition) is 1. The van der Waals surface area contributed by atoms with Gasteiger partial charge in [0, 0.05) is 0 Å². The van der Waals surface area contributed by atoms with Crippen LogP contribution in [0, 0.1) is 0 Å². The van der Waals surface area contributed by atoms with Crippen molar-refractivity contribution in [3.05, 3.63) is 24.5 Å². The van der Waals surface area contributed by atoms with Crippen LogP contribution in [0.4, 0.5) is 0 Å². The monoisotopic (exact) mass is 112 g/mol. The van der Waals surface area contributed by atoms with Crippen LogP contribution < -0.4 is 0 Å². The molecule has 0 atom stereocenters. The van der Waals surface area contributed by atoms with Gasteiger partial charge < -0.3 is 5.11 Å². The third-order valence-electron chi connectivity index (χ3n) is 0.602. The molecule has 0 saturated heterocycles. The van der Waals surface area contributed by atoms with Crippen molar-refractivity contribution in [2.24, 2.45) is 0 Å². The van der Waals surface area contributed by atoms with Crippen LogP contribution >= 0.6 is 0 Å². The van der Waals surface area contributed by atoms with Crippen LogP contribution in [0.2, 0.25) is 0 Å². The first-order valence-electron chi connectivity index (χ1n) is 2.23. The van der Waals surface area contributed by atoms with Crippen LogP contribution in [-0.2, 0) is 4.79 Å². The van der Waals surface area contributed by atoms with Crippen LogP contribution in [0.3, 0.4) is 0 Å². The van der Waals surface area contributed by atoms with E-state index in [9.17, 15) is 4.79 Å². The summed E-state index contributed by atoms with van der Waals surface area (Å²) in [6, 6.07) is 0. The zero-order valence-electron chi connectivity index (χ0n) is 4.72. The maximum atomic E-state index is 10.3. The molecule has 44 valence electrons. The zero-order chi connectivity index (χ0) is 6.57. The van der Waals surface area contributed by atoms with Crippen molar-refractivity contribution < 1.29 is 9.90 Å². The second-order valence-corrected chi connectivity index (χ2v) is 1.31. The largest absolute Gasteiger partial charge is 0.505 e. The maximum absolute atomic E-state index is 10.3. The summed E-state index contributed by atoms with van der Waals surface area (Å²) in [4.78, 5) is 10.3. The standard InChI is InChI=1S/C6H8O2/c1-3-4-6(8)5(2)7/h3-4,7H,2H2,1H3. The second-order valence-electron chi connectivity index (χ2n) is 1.31. The van der Waals surface area contributed by atoms with Gasteiger partial charge in [0.2, 0.25) is 5.78 Å². The van der Waals surface area contributed by atoms with E-state index in [-0.39, 0.29) is 0 Å². The molecular weight excluding hydrogens is 104 g/mol. The Balaban J connectivity index is 3.85. The summed E-state index contributed by atoms with van der Waals surface area (Å²) in [5, 5.41) is 8.36. The summed E-state index contributed by atoms with van der Waals surface area (Å²) in [6.07, 6.45) is 2.80. The number of rotatable bonds is 2. The summed E-state index contributed by atoms with van der Waals surface area (Å²) in [5.41, 5.74) is 0. The van der Waals surface area contributed by atoms with Crippen LogP contribution in [0.15, 0.2) is 24.5 Å². The Kier molecular flexibility index (Phi) is 2.62. The van der Waals surface area contributed by atoms with E-state index in [0.717, 1.165) is 0 Å². The minimum Gasteiger partial charge on any atom is -0.505 e. The van der Waals surface area contributed by atoms with E-state index < -0.39 is 11.5 Å². The van der Waals surface area contributed by atoms with Crippen molar-refractivity contribution in [2.75, 3.05) is 0 Å². The molecule has 0 spiro atoms. The van der Waals surface area contributed by atoms with E-state index in [0.29, 0.717) is 0 Å². The Hall–Kier alpha value is -1.05. The van der Waals surface area contributed by atoms with Crippen LogP contribution in [0.25, 0.3) is 0 Å². The highest BCUT2D eigenvalue weighted by Crippen LogP contribution is 1.85. The fourth-order valence-electron chi connectivity index (χ4n) is 0.248. The lowest BCUT2D eigenvalue weighted by Gasteiger charge is -1.84. The second kappa shape index (κ2) is 3.02. The summed E-state index contributed by atoms with van der Waals surface area (Å²) >= 11 is 0. The van der Waals surface area contributed by atoms with E-state index >= 15 is 0 Å². The number of carbonyl (C=O) groups excluding carboxylic acids is 1. The van der Waals surface area contributed by atoms with Crippen molar-refractivity contribution in [1.29, 1.82) is 0 Å². The third-order valence-corrected chi connectivity index (χ3v) is 0.602. The first-order chi connectivity index (χ1) is 3.68. The van der Waals surface area contributed by atoms with Gasteiger partial charge in [-0.05, 0) is 13.0 Å². The molecule has 2 heteroatoms. The lowest BCUT2D eigenvalue weighted by molar-refractivity contribution is -0.113. The summed E-state index contributed by atoms with van der Waals surface area (Å²) in [6.45, 7) is 4.72. The van der Waals surface area contributed by atoms with Gasteiger partial charge in [-0.1, -0.05) is 12.7 Å². The molecule has 0 fully saturated rings. The van der Waals surface area contributed by atoms with Gasteiger partial charge in [0.05, 0.1) is 0 Å². The number of hydrogen-bond acceptors (Lipinski definition) is 2. The number of aliphatic hydroxyl groups excluding tert-OH is 1. The predicted octanol–water partition coefficient (Wildman–Crippen LogP) is 1.20. The molecule has 0 bridgehead atoms. The molecule has 0 amide bonds. The van der Waals surface area contributed by atoms with Crippen molar-refractivity contribution in [1.82, 2.24) is 0 Å². The molecule has 0 saturated carbocycles. The summed E-state index contributed by atoms with van der Waals surface area (Å²) in [7, 11) is 0. The van der Waals surface area contributed by atoms with Crippen molar-refractivity contribution >= 4 is 5.78 Å². The Bertz CT molecular complexity index is 133. The molecule has 1 N–H and O–H groups in total. The summed E-state index contributed by atoms with van der Waals surface area (Å²) < 4.78 is 0. The first-order valence-corrected chi connectivity index (χ1v) is 2.23. The molecule has 0 aliphatic carbocycles. The molecule has 0 heterocycles. The van der Waals surface area contributed by atoms with Crippen molar-refractivity contribution in [3.63, 3.8) is 0 Å². The molecule has 0 aliphatic rings. The van der Waals surface area contributed by atoms with Crippen molar-refractivity contribution in [2.45, 2.75) is 6.92 Å². The van der Waals surface area contributed by atoms with Gasteiger partial charge in [-0.15, -0.1) is 0 Å². The molecule has 0 aliphatic heterocycles. The molecule has 0 aromatic carbocycles. The van der Waals surface area contributed by atoms with E-state index in [2.05, 4.69) is 6.58 Å². The SMILES string of the molecule is C=C(O)C(=O)C=CC. The van der Waals surface area contributed by atoms with Crippen molar-refractivity contribution in [3.8, 4) is 0 Å². The van der Waals surface area contributed by atoms with Gasteiger partial charge in [-0.2, -0.15) is 0 Å². The highest BCUT2D eigenvalue weighted by molar-refractivity contribution is 6.01. The van der Waals surface area contributed by atoms with E-state index in [1.165, 1.54) is 6.08 Å². The molecule has 0 aromatic heterocycles. The molecule has 8 heavy (non-hydrogen) atoms. The molecule has 0 radical (unpaired) electrons. The fourth-order valence-corrected chi connectivity index (χ4v) is 0.248. The highest BCUT2D eigenvalue weighted by Gasteiger charge is 1.95. The lowest BCUT2D eigenvalue weighted by atomic mass is 10.3. The minimum atomic E-state index is -0.438. The molecule has 0 unspecified atom stereocenters. The van der Waals surface area contributed by atoms with E-state index in [1.807, 2.05) is 0 Å². The average molecular weight is 112 g/mol. The van der Waals surface area contributed by atoms with Crippen LogP contribution in [0.5, 0.6) is 0 Å². The number of carbonyl (C=O) groups is 1. The maximum Gasteiger partial charge on any atom is 0.219 e. The number of allylic oxidation sites excluding steroid dienone is 2. The average Bonchev–Trinajstić information content (AvgIpc) is 1.67. The number of aliphatic hydroxyl groups is 1. The normalized spacial score (nSPS) is 9.62.